The summed E-state index contributed by atoms with van der Waals surface area (Å²) in [5.41, 5.74) is 0. The number of rotatable bonds is 1. The molecule has 1 N–H and O–H groups in total. The van der Waals surface area contributed by atoms with E-state index in [2.05, 4.69) is 5.32 Å². The van der Waals surface area contributed by atoms with E-state index in [1.165, 1.54) is 0 Å². The van der Waals surface area contributed by atoms with Crippen molar-refractivity contribution in [1.82, 2.24) is 5.32 Å². The van der Waals surface area contributed by atoms with Crippen molar-refractivity contribution < 1.29 is 9.13 Å². The van der Waals surface area contributed by atoms with Crippen molar-refractivity contribution >= 4 is 12.4 Å². The van der Waals surface area contributed by atoms with E-state index in [1.54, 1.807) is 0 Å². The molecule has 0 spiro atoms. The minimum atomic E-state index is -0.368. The zero-order chi connectivity index (χ0) is 5.82. The quantitative estimate of drug-likeness (QED) is 0.591. The molecule has 0 aromatic heterocycles. The third-order valence-corrected chi connectivity index (χ3v) is 1.18. The fourth-order valence-corrected chi connectivity index (χ4v) is 0.719. The van der Waals surface area contributed by atoms with Crippen LogP contribution in [0.5, 0.6) is 0 Å². The number of hydrogen-bond donors (Lipinski definition) is 1. The molecule has 0 amide bonds. The smallest absolute Gasteiger partial charge is 0.117 e. The van der Waals surface area contributed by atoms with Crippen LogP contribution in [0.25, 0.3) is 0 Å². The average Bonchev–Trinajstić information content (AvgIpc) is 1.90. The van der Waals surface area contributed by atoms with E-state index in [0.29, 0.717) is 13.2 Å². The standard InChI is InChI=1S/C5H10FNO.ClH/c6-3-5-4-7-1-2-8-5;/h5,7H,1-4H2;1H/t5-;/m1./s1. The second-order valence-corrected chi connectivity index (χ2v) is 1.85. The number of halogens is 2. The van der Waals surface area contributed by atoms with E-state index in [9.17, 15) is 4.39 Å². The average molecular weight is 156 g/mol. The van der Waals surface area contributed by atoms with Gasteiger partial charge in [0.1, 0.15) is 6.67 Å². The van der Waals surface area contributed by atoms with Gasteiger partial charge in [0.05, 0.1) is 12.7 Å². The lowest BCUT2D eigenvalue weighted by Crippen LogP contribution is -2.39. The van der Waals surface area contributed by atoms with Gasteiger partial charge in [-0.2, -0.15) is 0 Å². The minimum Gasteiger partial charge on any atom is -0.373 e. The highest BCUT2D eigenvalue weighted by atomic mass is 35.5. The fourth-order valence-electron chi connectivity index (χ4n) is 0.719. The van der Waals surface area contributed by atoms with Gasteiger partial charge in [-0.25, -0.2) is 4.39 Å². The molecule has 56 valence electrons. The Morgan fingerprint density at radius 3 is 2.78 bits per heavy atom. The van der Waals surface area contributed by atoms with Crippen LogP contribution in [0.4, 0.5) is 4.39 Å². The maximum absolute atomic E-state index is 11.7. The SMILES string of the molecule is Cl.FC[C@@H]1CNCCO1. The van der Waals surface area contributed by atoms with E-state index in [1.807, 2.05) is 0 Å². The molecule has 1 saturated heterocycles. The van der Waals surface area contributed by atoms with Gasteiger partial charge in [-0.3, -0.25) is 0 Å². The first kappa shape index (κ1) is 9.14. The first-order chi connectivity index (χ1) is 3.93. The Hall–Kier alpha value is 0.140. The van der Waals surface area contributed by atoms with Gasteiger partial charge in [0.2, 0.25) is 0 Å². The fraction of sp³-hybridized carbons (Fsp3) is 1.00. The van der Waals surface area contributed by atoms with Crippen LogP contribution in [-0.2, 0) is 4.74 Å². The van der Waals surface area contributed by atoms with Crippen molar-refractivity contribution in [3.05, 3.63) is 0 Å². The molecule has 2 nitrogen and oxygen atoms in total. The normalized spacial score (nSPS) is 27.0. The number of alkyl halides is 1. The van der Waals surface area contributed by atoms with Gasteiger partial charge in [0.15, 0.2) is 0 Å². The second-order valence-electron chi connectivity index (χ2n) is 1.85. The van der Waals surface area contributed by atoms with Gasteiger partial charge in [-0.1, -0.05) is 0 Å². The Labute approximate surface area is 60.2 Å². The van der Waals surface area contributed by atoms with Crippen LogP contribution in [-0.4, -0.2) is 32.5 Å². The van der Waals surface area contributed by atoms with Crippen LogP contribution in [0.1, 0.15) is 0 Å². The van der Waals surface area contributed by atoms with Crippen LogP contribution in [0.2, 0.25) is 0 Å². The molecule has 1 rings (SSSR count). The molecule has 4 heteroatoms. The van der Waals surface area contributed by atoms with E-state index in [4.69, 9.17) is 4.74 Å². The van der Waals surface area contributed by atoms with Crippen molar-refractivity contribution in [1.29, 1.82) is 0 Å². The highest BCUT2D eigenvalue weighted by Crippen LogP contribution is 1.94. The summed E-state index contributed by atoms with van der Waals surface area (Å²) in [6.07, 6.45) is -0.191. The molecule has 1 aliphatic rings. The Morgan fingerprint density at radius 1 is 1.67 bits per heavy atom. The highest BCUT2D eigenvalue weighted by molar-refractivity contribution is 5.85. The Balaban J connectivity index is 0.000000640. The summed E-state index contributed by atoms with van der Waals surface area (Å²) in [4.78, 5) is 0. The summed E-state index contributed by atoms with van der Waals surface area (Å²) in [6.45, 7) is 1.80. The van der Waals surface area contributed by atoms with Crippen molar-refractivity contribution in [3.63, 3.8) is 0 Å². The van der Waals surface area contributed by atoms with Crippen LogP contribution < -0.4 is 5.32 Å². The zero-order valence-electron chi connectivity index (χ0n) is 5.10. The van der Waals surface area contributed by atoms with Gasteiger partial charge >= 0.3 is 0 Å². The lowest BCUT2D eigenvalue weighted by atomic mass is 10.3. The van der Waals surface area contributed by atoms with E-state index in [-0.39, 0.29) is 25.2 Å². The molecular formula is C5H11ClFNO. The molecule has 1 aliphatic heterocycles. The lowest BCUT2D eigenvalue weighted by molar-refractivity contribution is 0.0137. The largest absolute Gasteiger partial charge is 0.373 e. The third-order valence-electron chi connectivity index (χ3n) is 1.18. The minimum absolute atomic E-state index is 0. The van der Waals surface area contributed by atoms with Crippen LogP contribution in [0, 0.1) is 0 Å². The highest BCUT2D eigenvalue weighted by Gasteiger charge is 2.11. The van der Waals surface area contributed by atoms with Crippen molar-refractivity contribution in [2.75, 3.05) is 26.4 Å². The molecule has 0 aromatic carbocycles. The summed E-state index contributed by atoms with van der Waals surface area (Å²) in [6, 6.07) is 0. The van der Waals surface area contributed by atoms with Gasteiger partial charge in [0, 0.05) is 13.1 Å². The lowest BCUT2D eigenvalue weighted by Gasteiger charge is -2.20. The Morgan fingerprint density at radius 2 is 2.44 bits per heavy atom. The molecule has 1 atom stereocenters. The Kier molecular flexibility index (Phi) is 5.04. The van der Waals surface area contributed by atoms with Crippen molar-refractivity contribution in [2.24, 2.45) is 0 Å². The molecule has 0 unspecified atom stereocenters. The molecule has 0 radical (unpaired) electrons. The summed E-state index contributed by atoms with van der Waals surface area (Å²) in [7, 11) is 0. The van der Waals surface area contributed by atoms with Crippen LogP contribution in [0.15, 0.2) is 0 Å². The molecule has 9 heavy (non-hydrogen) atoms. The summed E-state index contributed by atoms with van der Waals surface area (Å²) in [5, 5.41) is 3.02. The van der Waals surface area contributed by atoms with Crippen molar-refractivity contribution in [3.8, 4) is 0 Å². The van der Waals surface area contributed by atoms with E-state index < -0.39 is 0 Å². The van der Waals surface area contributed by atoms with Crippen molar-refractivity contribution in [2.45, 2.75) is 6.10 Å². The second kappa shape index (κ2) is 4.97. The number of morpholine rings is 1. The summed E-state index contributed by atoms with van der Waals surface area (Å²) in [5.74, 6) is 0. The zero-order valence-corrected chi connectivity index (χ0v) is 5.92. The predicted molar refractivity (Wildman–Crippen MR) is 35.8 cm³/mol. The predicted octanol–water partition coefficient (Wildman–Crippen LogP) is 0.366. The number of nitrogens with one attached hydrogen (secondary N) is 1. The topological polar surface area (TPSA) is 21.3 Å². The first-order valence-electron chi connectivity index (χ1n) is 2.82. The summed E-state index contributed by atoms with van der Waals surface area (Å²) >= 11 is 0. The molecule has 0 saturated carbocycles. The molecule has 0 aromatic rings. The van der Waals surface area contributed by atoms with Gasteiger partial charge in [0.25, 0.3) is 0 Å². The number of hydrogen-bond acceptors (Lipinski definition) is 2. The van der Waals surface area contributed by atoms with Gasteiger partial charge in [-0.15, -0.1) is 12.4 Å². The molecule has 0 bridgehead atoms. The Bertz CT molecular complexity index is 68.0. The van der Waals surface area contributed by atoms with Crippen LogP contribution in [0.3, 0.4) is 0 Å². The van der Waals surface area contributed by atoms with E-state index >= 15 is 0 Å². The van der Waals surface area contributed by atoms with E-state index in [0.717, 1.165) is 6.54 Å². The van der Waals surface area contributed by atoms with Crippen LogP contribution >= 0.6 is 12.4 Å². The van der Waals surface area contributed by atoms with Gasteiger partial charge in [-0.05, 0) is 0 Å². The third kappa shape index (κ3) is 2.98. The first-order valence-corrected chi connectivity index (χ1v) is 2.82. The maximum Gasteiger partial charge on any atom is 0.117 e. The maximum atomic E-state index is 11.7. The number of ether oxygens (including phenoxy) is 1. The molecule has 1 heterocycles. The molecular weight excluding hydrogens is 145 g/mol. The molecule has 1 fully saturated rings. The summed E-state index contributed by atoms with van der Waals surface area (Å²) < 4.78 is 16.7. The van der Waals surface area contributed by atoms with Gasteiger partial charge < -0.3 is 10.1 Å². The molecule has 0 aliphatic carbocycles. The monoisotopic (exact) mass is 155 g/mol.